The molecule has 26 heavy (non-hydrogen) atoms. The largest absolute Gasteiger partial charge is 0.492 e. The first-order valence-corrected chi connectivity index (χ1v) is 9.01. The van der Waals surface area contributed by atoms with E-state index in [-0.39, 0.29) is 11.4 Å². The van der Waals surface area contributed by atoms with Crippen molar-refractivity contribution in [3.8, 4) is 16.9 Å². The van der Waals surface area contributed by atoms with Crippen molar-refractivity contribution in [2.45, 2.75) is 6.54 Å². The van der Waals surface area contributed by atoms with Crippen LogP contribution in [0.2, 0.25) is 0 Å². The number of ether oxygens (including phenoxy) is 1. The fraction of sp³-hybridized carbons (Fsp3) is 0.100. The molecule has 0 N–H and O–H groups in total. The van der Waals surface area contributed by atoms with Crippen LogP contribution in [0.3, 0.4) is 0 Å². The minimum absolute atomic E-state index is 0.0926. The third-order valence-corrected chi connectivity index (χ3v) is 5.00. The fourth-order valence-electron chi connectivity index (χ4n) is 2.71. The van der Waals surface area contributed by atoms with E-state index < -0.39 is 0 Å². The molecule has 0 fully saturated rings. The molecule has 0 bridgehead atoms. The molecule has 4 aromatic rings. The predicted octanol–water partition coefficient (Wildman–Crippen LogP) is 4.34. The number of hydrogen-bond acceptors (Lipinski definition) is 4. The highest BCUT2D eigenvalue weighted by molar-refractivity contribution is 7.17. The number of benzene rings is 2. The Bertz CT molecular complexity index is 1090. The van der Waals surface area contributed by atoms with Crippen molar-refractivity contribution in [3.63, 3.8) is 0 Å². The summed E-state index contributed by atoms with van der Waals surface area (Å²) in [7, 11) is 0. The van der Waals surface area contributed by atoms with Crippen LogP contribution >= 0.6 is 11.3 Å². The standard InChI is InChI=1S/C20H15FN2O2S/c21-15-8-6-14(7-9-15)17-12-26-19-18(17)22-13-23(20(19)24)10-11-25-16-4-2-1-3-5-16/h1-9,12-13H,10-11H2. The highest BCUT2D eigenvalue weighted by atomic mass is 32.1. The number of halogens is 1. The topological polar surface area (TPSA) is 44.1 Å². The van der Waals surface area contributed by atoms with E-state index in [1.807, 2.05) is 35.7 Å². The quantitative estimate of drug-likeness (QED) is 0.528. The van der Waals surface area contributed by atoms with Crippen LogP contribution in [0.25, 0.3) is 21.3 Å². The molecule has 0 saturated heterocycles. The van der Waals surface area contributed by atoms with Crippen LogP contribution < -0.4 is 10.3 Å². The van der Waals surface area contributed by atoms with Crippen LogP contribution in [0.15, 0.2) is 71.1 Å². The van der Waals surface area contributed by atoms with E-state index in [9.17, 15) is 9.18 Å². The highest BCUT2D eigenvalue weighted by Crippen LogP contribution is 2.30. The Balaban J connectivity index is 1.58. The molecular formula is C20H15FN2O2S. The lowest BCUT2D eigenvalue weighted by Crippen LogP contribution is -2.22. The zero-order chi connectivity index (χ0) is 17.9. The van der Waals surface area contributed by atoms with Gasteiger partial charge in [0.1, 0.15) is 22.9 Å². The van der Waals surface area contributed by atoms with Gasteiger partial charge in [0.25, 0.3) is 5.56 Å². The van der Waals surface area contributed by atoms with Crippen molar-refractivity contribution in [2.24, 2.45) is 0 Å². The molecule has 6 heteroatoms. The summed E-state index contributed by atoms with van der Waals surface area (Å²) < 4.78 is 20.9. The van der Waals surface area contributed by atoms with Gasteiger partial charge in [-0.3, -0.25) is 9.36 Å². The molecule has 0 unspecified atom stereocenters. The molecule has 2 aromatic carbocycles. The van der Waals surface area contributed by atoms with Crippen molar-refractivity contribution in [3.05, 3.63) is 82.5 Å². The Morgan fingerprint density at radius 2 is 1.85 bits per heavy atom. The molecule has 130 valence electrons. The summed E-state index contributed by atoms with van der Waals surface area (Å²) in [4.78, 5) is 17.1. The predicted molar refractivity (Wildman–Crippen MR) is 101 cm³/mol. The summed E-state index contributed by atoms with van der Waals surface area (Å²) >= 11 is 1.35. The monoisotopic (exact) mass is 366 g/mol. The molecule has 4 rings (SSSR count). The lowest BCUT2D eigenvalue weighted by Gasteiger charge is -2.08. The van der Waals surface area contributed by atoms with Gasteiger partial charge in [-0.15, -0.1) is 11.3 Å². The van der Waals surface area contributed by atoms with Crippen molar-refractivity contribution in [1.29, 1.82) is 0 Å². The average Bonchev–Trinajstić information content (AvgIpc) is 3.10. The van der Waals surface area contributed by atoms with Gasteiger partial charge >= 0.3 is 0 Å². The smallest absolute Gasteiger partial charge is 0.271 e. The maximum Gasteiger partial charge on any atom is 0.271 e. The van der Waals surface area contributed by atoms with E-state index in [0.29, 0.717) is 23.4 Å². The Hall–Kier alpha value is -2.99. The van der Waals surface area contributed by atoms with Crippen LogP contribution in [0, 0.1) is 5.82 Å². The maximum absolute atomic E-state index is 13.1. The SMILES string of the molecule is O=c1c2scc(-c3ccc(F)cc3)c2ncn1CCOc1ccccc1. The van der Waals surface area contributed by atoms with Gasteiger partial charge in [-0.2, -0.15) is 0 Å². The third kappa shape index (κ3) is 3.23. The Morgan fingerprint density at radius 1 is 1.08 bits per heavy atom. The summed E-state index contributed by atoms with van der Waals surface area (Å²) in [6, 6.07) is 15.7. The zero-order valence-corrected chi connectivity index (χ0v) is 14.6. The molecule has 2 heterocycles. The van der Waals surface area contributed by atoms with Gasteiger partial charge in [0.2, 0.25) is 0 Å². The second-order valence-electron chi connectivity index (χ2n) is 5.74. The van der Waals surface area contributed by atoms with Gasteiger partial charge in [-0.25, -0.2) is 9.37 Å². The normalized spacial score (nSPS) is 11.0. The van der Waals surface area contributed by atoms with E-state index in [1.54, 1.807) is 23.0 Å². The Morgan fingerprint density at radius 3 is 2.62 bits per heavy atom. The van der Waals surface area contributed by atoms with E-state index in [0.717, 1.165) is 16.9 Å². The first-order chi connectivity index (χ1) is 12.7. The zero-order valence-electron chi connectivity index (χ0n) is 13.8. The van der Waals surface area contributed by atoms with Crippen molar-refractivity contribution < 1.29 is 9.13 Å². The van der Waals surface area contributed by atoms with E-state index in [2.05, 4.69) is 4.98 Å². The van der Waals surface area contributed by atoms with E-state index in [1.165, 1.54) is 23.5 Å². The number of nitrogens with zero attached hydrogens (tertiary/aromatic N) is 2. The van der Waals surface area contributed by atoms with Gasteiger partial charge in [0, 0.05) is 10.9 Å². The summed E-state index contributed by atoms with van der Waals surface area (Å²) in [6.07, 6.45) is 1.54. The molecule has 0 amide bonds. The van der Waals surface area contributed by atoms with Gasteiger partial charge in [-0.05, 0) is 29.8 Å². The Labute approximate surface area is 153 Å². The van der Waals surface area contributed by atoms with Crippen molar-refractivity contribution in [1.82, 2.24) is 9.55 Å². The highest BCUT2D eigenvalue weighted by Gasteiger charge is 2.12. The molecule has 2 aromatic heterocycles. The van der Waals surface area contributed by atoms with Gasteiger partial charge < -0.3 is 4.74 Å². The van der Waals surface area contributed by atoms with Crippen LogP contribution in [-0.4, -0.2) is 16.2 Å². The Kier molecular flexibility index (Phi) is 4.50. The van der Waals surface area contributed by atoms with Gasteiger partial charge in [0.05, 0.1) is 18.4 Å². The van der Waals surface area contributed by atoms with Gasteiger partial charge in [-0.1, -0.05) is 30.3 Å². The number of hydrogen-bond donors (Lipinski definition) is 0. The van der Waals surface area contributed by atoms with Crippen molar-refractivity contribution in [2.75, 3.05) is 6.61 Å². The third-order valence-electron chi connectivity index (χ3n) is 4.05. The molecule has 0 radical (unpaired) electrons. The molecule has 0 aliphatic carbocycles. The lowest BCUT2D eigenvalue weighted by molar-refractivity contribution is 0.296. The van der Waals surface area contributed by atoms with Crippen LogP contribution in [0.5, 0.6) is 5.75 Å². The van der Waals surface area contributed by atoms with Crippen LogP contribution in [0.4, 0.5) is 4.39 Å². The van der Waals surface area contributed by atoms with Gasteiger partial charge in [0.15, 0.2) is 0 Å². The number of aromatic nitrogens is 2. The molecular weight excluding hydrogens is 351 g/mol. The summed E-state index contributed by atoms with van der Waals surface area (Å²) in [5, 5.41) is 1.89. The molecule has 0 spiro atoms. The minimum atomic E-state index is -0.290. The van der Waals surface area contributed by atoms with E-state index >= 15 is 0 Å². The number of thiophene rings is 1. The average molecular weight is 366 g/mol. The number of fused-ring (bicyclic) bond motifs is 1. The molecule has 0 aliphatic heterocycles. The van der Waals surface area contributed by atoms with E-state index in [4.69, 9.17) is 4.74 Å². The second kappa shape index (κ2) is 7.09. The lowest BCUT2D eigenvalue weighted by atomic mass is 10.1. The summed E-state index contributed by atoms with van der Waals surface area (Å²) in [6.45, 7) is 0.799. The van der Waals surface area contributed by atoms with Crippen LogP contribution in [0.1, 0.15) is 0 Å². The van der Waals surface area contributed by atoms with Crippen LogP contribution in [-0.2, 0) is 6.54 Å². The summed E-state index contributed by atoms with van der Waals surface area (Å²) in [5.74, 6) is 0.478. The first-order valence-electron chi connectivity index (χ1n) is 8.13. The molecule has 0 saturated carbocycles. The number of rotatable bonds is 5. The minimum Gasteiger partial charge on any atom is -0.492 e. The molecule has 4 nitrogen and oxygen atoms in total. The molecule has 0 aliphatic rings. The number of para-hydroxylation sites is 1. The first kappa shape index (κ1) is 16.5. The maximum atomic E-state index is 13.1. The van der Waals surface area contributed by atoms with Crippen molar-refractivity contribution >= 4 is 21.6 Å². The summed E-state index contributed by atoms with van der Waals surface area (Å²) in [5.41, 5.74) is 2.24. The second-order valence-corrected chi connectivity index (χ2v) is 6.62. The fourth-order valence-corrected chi connectivity index (χ4v) is 3.69. The molecule has 0 atom stereocenters.